The fourth-order valence-electron chi connectivity index (χ4n) is 3.08. The lowest BCUT2D eigenvalue weighted by molar-refractivity contribution is 0.110. The van der Waals surface area contributed by atoms with Gasteiger partial charge in [-0.2, -0.15) is 0 Å². The maximum atomic E-state index is 11.0. The zero-order valence-corrected chi connectivity index (χ0v) is 14.7. The van der Waals surface area contributed by atoms with Gasteiger partial charge in [0.2, 0.25) is 0 Å². The van der Waals surface area contributed by atoms with E-state index >= 15 is 0 Å². The van der Waals surface area contributed by atoms with Crippen LogP contribution >= 0.6 is 15.9 Å². The van der Waals surface area contributed by atoms with Crippen LogP contribution in [0.15, 0.2) is 75.6 Å². The highest BCUT2D eigenvalue weighted by Gasteiger charge is 2.18. The summed E-state index contributed by atoms with van der Waals surface area (Å²) in [7, 11) is 0. The number of halogens is 1. The molecule has 4 rings (SSSR count). The molecular weight excluding hydrogens is 380 g/mol. The molecule has 3 nitrogen and oxygen atoms in total. The molecule has 122 valence electrons. The summed E-state index contributed by atoms with van der Waals surface area (Å²) in [6.45, 7) is 0. The third-order valence-electron chi connectivity index (χ3n) is 4.18. The molecule has 1 N–H and O–H groups in total. The van der Waals surface area contributed by atoms with Crippen LogP contribution < -0.4 is 0 Å². The van der Waals surface area contributed by atoms with Crippen LogP contribution in [0.3, 0.4) is 0 Å². The van der Waals surface area contributed by atoms with E-state index in [9.17, 15) is 9.90 Å². The Bertz CT molecular complexity index is 1100. The Morgan fingerprint density at radius 1 is 0.880 bits per heavy atom. The van der Waals surface area contributed by atoms with Gasteiger partial charge in [0, 0.05) is 15.6 Å². The molecular formula is C21H13BrO3. The standard InChI is InChI=1S/C21H13BrO3/c22-17-7-3-6-16(21(17)19-11-9-14(12-23)25-19)20-15-5-2-1-4-13(15)8-10-18(20)24/h1-12,24H. The second-order valence-electron chi connectivity index (χ2n) is 5.66. The van der Waals surface area contributed by atoms with Crippen molar-refractivity contribution in [2.75, 3.05) is 0 Å². The van der Waals surface area contributed by atoms with Crippen LogP contribution in [-0.2, 0) is 0 Å². The number of phenolic OH excluding ortho intramolecular Hbond substituents is 1. The van der Waals surface area contributed by atoms with E-state index in [0.29, 0.717) is 12.0 Å². The van der Waals surface area contributed by atoms with E-state index in [-0.39, 0.29) is 11.5 Å². The average molecular weight is 393 g/mol. The number of aromatic hydroxyl groups is 1. The van der Waals surface area contributed by atoms with Crippen molar-refractivity contribution in [2.24, 2.45) is 0 Å². The summed E-state index contributed by atoms with van der Waals surface area (Å²) in [6, 6.07) is 20.6. The van der Waals surface area contributed by atoms with Gasteiger partial charge in [0.25, 0.3) is 0 Å². The molecule has 3 aromatic carbocycles. The van der Waals surface area contributed by atoms with E-state index in [4.69, 9.17) is 4.42 Å². The summed E-state index contributed by atoms with van der Waals surface area (Å²) in [5.41, 5.74) is 2.36. The molecule has 0 fully saturated rings. The normalized spacial score (nSPS) is 10.9. The average Bonchev–Trinajstić information content (AvgIpc) is 3.10. The third kappa shape index (κ3) is 2.65. The van der Waals surface area contributed by atoms with Gasteiger partial charge in [-0.05, 0) is 40.6 Å². The van der Waals surface area contributed by atoms with E-state index in [1.165, 1.54) is 0 Å². The van der Waals surface area contributed by atoms with Crippen molar-refractivity contribution >= 4 is 33.0 Å². The van der Waals surface area contributed by atoms with Gasteiger partial charge >= 0.3 is 0 Å². The molecule has 0 unspecified atom stereocenters. The SMILES string of the molecule is O=Cc1ccc(-c2c(Br)cccc2-c2c(O)ccc3ccccc23)o1. The van der Waals surface area contributed by atoms with Gasteiger partial charge in [-0.25, -0.2) is 0 Å². The molecule has 0 radical (unpaired) electrons. The largest absolute Gasteiger partial charge is 0.507 e. The molecule has 1 aromatic heterocycles. The summed E-state index contributed by atoms with van der Waals surface area (Å²) >= 11 is 3.57. The van der Waals surface area contributed by atoms with Crippen LogP contribution in [0.1, 0.15) is 10.6 Å². The van der Waals surface area contributed by atoms with Gasteiger partial charge in [-0.15, -0.1) is 0 Å². The van der Waals surface area contributed by atoms with Gasteiger partial charge in [0.1, 0.15) is 11.5 Å². The number of hydrogen-bond acceptors (Lipinski definition) is 3. The monoisotopic (exact) mass is 392 g/mol. The maximum Gasteiger partial charge on any atom is 0.185 e. The quantitative estimate of drug-likeness (QED) is 0.431. The highest BCUT2D eigenvalue weighted by Crippen LogP contribution is 2.44. The lowest BCUT2D eigenvalue weighted by atomic mass is 9.93. The maximum absolute atomic E-state index is 11.0. The Labute approximate surface area is 152 Å². The van der Waals surface area contributed by atoms with Crippen molar-refractivity contribution in [1.29, 1.82) is 0 Å². The predicted molar refractivity (Wildman–Crippen MR) is 102 cm³/mol. The van der Waals surface area contributed by atoms with Crippen LogP contribution in [0.5, 0.6) is 5.75 Å². The fraction of sp³-hybridized carbons (Fsp3) is 0. The summed E-state index contributed by atoms with van der Waals surface area (Å²) in [6.07, 6.45) is 0.676. The summed E-state index contributed by atoms with van der Waals surface area (Å²) in [4.78, 5) is 11.0. The van der Waals surface area contributed by atoms with E-state index in [0.717, 1.165) is 31.9 Å². The number of phenols is 1. The summed E-state index contributed by atoms with van der Waals surface area (Å²) < 4.78 is 6.46. The van der Waals surface area contributed by atoms with Crippen molar-refractivity contribution in [3.05, 3.63) is 77.0 Å². The minimum absolute atomic E-state index is 0.195. The van der Waals surface area contributed by atoms with Crippen molar-refractivity contribution in [2.45, 2.75) is 0 Å². The van der Waals surface area contributed by atoms with Crippen LogP contribution in [0, 0.1) is 0 Å². The first-order valence-corrected chi connectivity index (χ1v) is 8.53. The minimum atomic E-state index is 0.195. The molecule has 0 amide bonds. The predicted octanol–water partition coefficient (Wildman–Crippen LogP) is 6.05. The first kappa shape index (κ1) is 15.7. The summed E-state index contributed by atoms with van der Waals surface area (Å²) in [5, 5.41) is 12.6. The van der Waals surface area contributed by atoms with Gasteiger partial charge in [0.05, 0.1) is 0 Å². The molecule has 1 heterocycles. The Morgan fingerprint density at radius 3 is 2.52 bits per heavy atom. The molecule has 0 spiro atoms. The van der Waals surface area contributed by atoms with Crippen molar-refractivity contribution in [1.82, 2.24) is 0 Å². The molecule has 0 aliphatic heterocycles. The molecule has 0 aliphatic rings. The van der Waals surface area contributed by atoms with Crippen LogP contribution in [-0.4, -0.2) is 11.4 Å². The van der Waals surface area contributed by atoms with Crippen molar-refractivity contribution < 1.29 is 14.3 Å². The van der Waals surface area contributed by atoms with E-state index in [1.54, 1.807) is 18.2 Å². The topological polar surface area (TPSA) is 50.4 Å². The highest BCUT2D eigenvalue weighted by atomic mass is 79.9. The number of furan rings is 1. The number of rotatable bonds is 3. The van der Waals surface area contributed by atoms with Crippen LogP contribution in [0.25, 0.3) is 33.2 Å². The second-order valence-corrected chi connectivity index (χ2v) is 6.52. The van der Waals surface area contributed by atoms with Crippen LogP contribution in [0.2, 0.25) is 0 Å². The molecule has 0 saturated heterocycles. The number of fused-ring (bicyclic) bond motifs is 1. The van der Waals surface area contributed by atoms with Crippen molar-refractivity contribution in [3.63, 3.8) is 0 Å². The third-order valence-corrected chi connectivity index (χ3v) is 4.84. The number of benzene rings is 3. The number of carbonyl (C=O) groups excluding carboxylic acids is 1. The second kappa shape index (κ2) is 6.22. The van der Waals surface area contributed by atoms with Gasteiger partial charge in [-0.1, -0.05) is 58.4 Å². The number of aldehydes is 1. The van der Waals surface area contributed by atoms with Gasteiger partial charge < -0.3 is 9.52 Å². The van der Waals surface area contributed by atoms with E-state index in [2.05, 4.69) is 15.9 Å². The highest BCUT2D eigenvalue weighted by molar-refractivity contribution is 9.10. The Balaban J connectivity index is 2.07. The number of carbonyl (C=O) groups is 1. The Hall–Kier alpha value is -2.85. The van der Waals surface area contributed by atoms with Gasteiger partial charge in [-0.3, -0.25) is 4.79 Å². The van der Waals surface area contributed by atoms with Gasteiger partial charge in [0.15, 0.2) is 12.0 Å². The lowest BCUT2D eigenvalue weighted by Crippen LogP contribution is -1.88. The van der Waals surface area contributed by atoms with E-state index < -0.39 is 0 Å². The van der Waals surface area contributed by atoms with Crippen LogP contribution in [0.4, 0.5) is 0 Å². The zero-order chi connectivity index (χ0) is 17.4. The molecule has 25 heavy (non-hydrogen) atoms. The van der Waals surface area contributed by atoms with Crippen molar-refractivity contribution in [3.8, 4) is 28.2 Å². The fourth-order valence-corrected chi connectivity index (χ4v) is 3.64. The summed E-state index contributed by atoms with van der Waals surface area (Å²) in [5.74, 6) is 1.02. The molecule has 0 aliphatic carbocycles. The smallest absolute Gasteiger partial charge is 0.185 e. The molecule has 0 bridgehead atoms. The van der Waals surface area contributed by atoms with E-state index in [1.807, 2.05) is 48.5 Å². The first-order chi connectivity index (χ1) is 12.2. The molecule has 4 heteroatoms. The lowest BCUT2D eigenvalue weighted by Gasteiger charge is -2.14. The molecule has 0 atom stereocenters. The Kier molecular flexibility index (Phi) is 3.90. The zero-order valence-electron chi connectivity index (χ0n) is 13.1. The Morgan fingerprint density at radius 2 is 1.72 bits per heavy atom. The first-order valence-electron chi connectivity index (χ1n) is 7.74. The molecule has 4 aromatic rings. The molecule has 0 saturated carbocycles. The minimum Gasteiger partial charge on any atom is -0.507 e. The number of hydrogen-bond donors (Lipinski definition) is 1.